The minimum atomic E-state index is -0.808. The topological polar surface area (TPSA) is 127 Å². The number of amides is 2. The van der Waals surface area contributed by atoms with Gasteiger partial charge in [0.25, 0.3) is 5.91 Å². The molecule has 1 aromatic carbocycles. The number of hydrogen-bond acceptors (Lipinski definition) is 9. The van der Waals surface area contributed by atoms with E-state index in [-0.39, 0.29) is 54.7 Å². The van der Waals surface area contributed by atoms with E-state index in [0.29, 0.717) is 31.7 Å². The highest BCUT2D eigenvalue weighted by molar-refractivity contribution is 8.14. The number of carbonyl (C=O) groups is 3. The molecule has 304 valence electrons. The third-order valence-corrected chi connectivity index (χ3v) is 13.2. The summed E-state index contributed by atoms with van der Waals surface area (Å²) < 4.78 is 14.4. The molecule has 1 unspecified atom stereocenters. The van der Waals surface area contributed by atoms with Gasteiger partial charge in [0.2, 0.25) is 5.91 Å². The highest BCUT2D eigenvalue weighted by Crippen LogP contribution is 2.46. The summed E-state index contributed by atoms with van der Waals surface area (Å²) in [6.07, 6.45) is 6.48. The highest BCUT2D eigenvalue weighted by atomic mass is 32.2. The second kappa shape index (κ2) is 17.4. The molecule has 0 radical (unpaired) electrons. The SMILES string of the molecule is C=C/C(=C(\N=C/C)[C@H](C)OC)c1c2c3cc(ccc3n1CCC(C)C)C1CSC(=N1)C[C@H](NC(=O)[C@H]1[C@H](C)[C@@H]1C)C(=O)N1CCC[C@H](N1)C(=O)OCC(C)(C)C2. The molecule has 2 N–H and O–H groups in total. The van der Waals surface area contributed by atoms with E-state index in [1.165, 1.54) is 5.01 Å². The van der Waals surface area contributed by atoms with Gasteiger partial charge in [-0.1, -0.05) is 60.3 Å². The first-order valence-corrected chi connectivity index (χ1v) is 21.4. The number of aryl methyl sites for hydroxylation is 1. The lowest BCUT2D eigenvalue weighted by Gasteiger charge is -2.35. The molecule has 4 heterocycles. The minimum Gasteiger partial charge on any atom is -0.464 e. The number of hydrazine groups is 1. The van der Waals surface area contributed by atoms with Crippen molar-refractivity contribution in [3.05, 3.63) is 53.4 Å². The lowest BCUT2D eigenvalue weighted by atomic mass is 9.84. The highest BCUT2D eigenvalue weighted by Gasteiger charge is 2.49. The van der Waals surface area contributed by atoms with Crippen LogP contribution in [-0.2, 0) is 36.8 Å². The number of fused-ring (bicyclic) bond motifs is 5. The monoisotopic (exact) mass is 786 g/mol. The van der Waals surface area contributed by atoms with Crippen LogP contribution in [-0.4, -0.2) is 82.8 Å². The Labute approximate surface area is 337 Å². The summed E-state index contributed by atoms with van der Waals surface area (Å²) in [7, 11) is 1.70. The molecule has 2 amide bonds. The predicted octanol–water partition coefficient (Wildman–Crippen LogP) is 7.29. The van der Waals surface area contributed by atoms with Crippen molar-refractivity contribution in [2.24, 2.45) is 39.1 Å². The number of ether oxygens (including phenoxy) is 2. The van der Waals surface area contributed by atoms with Crippen molar-refractivity contribution < 1.29 is 23.9 Å². The number of methoxy groups -OCH3 is 1. The lowest BCUT2D eigenvalue weighted by molar-refractivity contribution is -0.155. The van der Waals surface area contributed by atoms with Crippen LogP contribution in [0.5, 0.6) is 0 Å². The first-order chi connectivity index (χ1) is 26.7. The van der Waals surface area contributed by atoms with Crippen LogP contribution < -0.4 is 10.7 Å². The van der Waals surface area contributed by atoms with Gasteiger partial charge < -0.3 is 19.4 Å². The summed E-state index contributed by atoms with van der Waals surface area (Å²) in [5.74, 6) is 0.905. The van der Waals surface area contributed by atoms with Crippen LogP contribution in [0.3, 0.4) is 0 Å². The molecular weight excluding hydrogens is 725 g/mol. The number of aromatic nitrogens is 1. The van der Waals surface area contributed by atoms with Crippen molar-refractivity contribution >= 4 is 57.3 Å². The van der Waals surface area contributed by atoms with Crippen LogP contribution in [0.15, 0.2) is 46.5 Å². The summed E-state index contributed by atoms with van der Waals surface area (Å²) in [6.45, 7) is 22.5. The largest absolute Gasteiger partial charge is 0.464 e. The van der Waals surface area contributed by atoms with E-state index >= 15 is 0 Å². The summed E-state index contributed by atoms with van der Waals surface area (Å²) >= 11 is 1.65. The van der Waals surface area contributed by atoms with E-state index in [4.69, 9.17) is 19.5 Å². The van der Waals surface area contributed by atoms with Gasteiger partial charge in [-0.2, -0.15) is 0 Å². The Morgan fingerprint density at radius 1 is 1.23 bits per heavy atom. The van der Waals surface area contributed by atoms with E-state index in [2.05, 4.69) is 81.6 Å². The number of nitrogens with zero attached hydrogens (tertiary/aromatic N) is 4. The molecule has 1 aliphatic carbocycles. The van der Waals surface area contributed by atoms with Crippen molar-refractivity contribution in [2.75, 3.05) is 26.0 Å². The Bertz CT molecular complexity index is 1920. The maximum atomic E-state index is 14.2. The average Bonchev–Trinajstić information content (AvgIpc) is 3.45. The molecule has 4 aliphatic rings. The number of esters is 1. The summed E-state index contributed by atoms with van der Waals surface area (Å²) in [6, 6.07) is 5.09. The number of hydrogen-bond donors (Lipinski definition) is 2. The average molecular weight is 787 g/mol. The summed E-state index contributed by atoms with van der Waals surface area (Å²) in [5, 5.41) is 6.57. The molecule has 6 rings (SSSR count). The second-order valence-electron chi connectivity index (χ2n) is 17.3. The number of rotatable bonds is 10. The van der Waals surface area contributed by atoms with Crippen molar-refractivity contribution in [1.82, 2.24) is 20.3 Å². The van der Waals surface area contributed by atoms with Gasteiger partial charge in [-0.25, -0.2) is 5.43 Å². The van der Waals surface area contributed by atoms with Crippen LogP contribution in [0.4, 0.5) is 0 Å². The first-order valence-electron chi connectivity index (χ1n) is 20.4. The zero-order chi connectivity index (χ0) is 40.5. The number of thioether (sulfide) groups is 1. The van der Waals surface area contributed by atoms with E-state index in [9.17, 15) is 14.4 Å². The number of carbonyl (C=O) groups excluding carboxylic acids is 3. The molecular formula is C44H62N6O5S. The fourth-order valence-corrected chi connectivity index (χ4v) is 9.51. The number of allylic oxidation sites excluding steroid dienone is 2. The fraction of sp³-hybridized carbons (Fsp3) is 0.614. The molecule has 0 spiro atoms. The molecule has 1 saturated carbocycles. The van der Waals surface area contributed by atoms with Gasteiger partial charge in [0, 0.05) is 66.4 Å². The summed E-state index contributed by atoms with van der Waals surface area (Å²) in [4.78, 5) is 51.4. The number of nitrogens with one attached hydrogen (secondary N) is 2. The number of aliphatic imine (C=N–C) groups is 2. The van der Waals surface area contributed by atoms with Gasteiger partial charge in [-0.05, 0) is 80.5 Å². The van der Waals surface area contributed by atoms with E-state index in [1.54, 1.807) is 25.1 Å². The third kappa shape index (κ3) is 8.87. The predicted molar refractivity (Wildman–Crippen MR) is 226 cm³/mol. The van der Waals surface area contributed by atoms with Crippen LogP contribution >= 0.6 is 11.8 Å². The zero-order valence-electron chi connectivity index (χ0n) is 34.8. The molecule has 2 fully saturated rings. The molecule has 11 nitrogen and oxygen atoms in total. The van der Waals surface area contributed by atoms with Crippen LogP contribution in [0.25, 0.3) is 16.5 Å². The van der Waals surface area contributed by atoms with Gasteiger partial charge in [0.05, 0.1) is 35.2 Å². The van der Waals surface area contributed by atoms with Gasteiger partial charge in [-0.15, -0.1) is 11.8 Å². The van der Waals surface area contributed by atoms with Crippen molar-refractivity contribution in [3.63, 3.8) is 0 Å². The standard InChI is InChI=1S/C44H62N6O5S/c1-11-30(39(45-12-2)28(7)54-10)40-32-22-44(8,9)24-55-43(53)33-14-13-18-50(48-33)42(52)34(47-41(51)38-26(5)27(38)6)21-37-46-35(23-56-37)29-15-16-36(31(32)20-29)49(40)19-17-25(3)4/h11-12,15-16,20,25-28,33-35,38,48H,1,13-14,17-19,21-24H2,2-10H3,(H,47,51)/b39-30+,45-12-/t26-,27+,28-,33-,34-,35?,38+/m0/s1. The normalized spacial score (nSPS) is 27.8. The smallest absolute Gasteiger partial charge is 0.324 e. The van der Waals surface area contributed by atoms with E-state index in [1.807, 2.05) is 19.9 Å². The molecule has 7 atom stereocenters. The fourth-order valence-electron chi connectivity index (χ4n) is 8.41. The molecule has 6 bridgehead atoms. The molecule has 1 aromatic heterocycles. The van der Waals surface area contributed by atoms with Gasteiger partial charge in [-0.3, -0.25) is 29.4 Å². The van der Waals surface area contributed by atoms with E-state index in [0.717, 1.165) is 62.8 Å². The molecule has 3 aliphatic heterocycles. The second-order valence-corrected chi connectivity index (χ2v) is 18.4. The number of cyclic esters (lactones) is 1. The summed E-state index contributed by atoms with van der Waals surface area (Å²) in [5.41, 5.74) is 8.83. The van der Waals surface area contributed by atoms with Gasteiger partial charge in [0.15, 0.2) is 0 Å². The Morgan fingerprint density at radius 3 is 2.64 bits per heavy atom. The zero-order valence-corrected chi connectivity index (χ0v) is 35.6. The maximum absolute atomic E-state index is 14.2. The van der Waals surface area contributed by atoms with Crippen LogP contribution in [0.2, 0.25) is 0 Å². The molecule has 1 saturated heterocycles. The lowest BCUT2D eigenvalue weighted by Crippen LogP contribution is -2.60. The minimum absolute atomic E-state index is 0.0998. The van der Waals surface area contributed by atoms with Crippen molar-refractivity contribution in [3.8, 4) is 0 Å². The van der Waals surface area contributed by atoms with Crippen molar-refractivity contribution in [1.29, 1.82) is 0 Å². The Morgan fingerprint density at radius 2 is 1.98 bits per heavy atom. The Hall–Kier alpha value is -3.74. The van der Waals surface area contributed by atoms with Gasteiger partial charge >= 0.3 is 5.97 Å². The molecule has 2 aromatic rings. The number of benzene rings is 1. The first kappa shape index (κ1) is 41.9. The Kier molecular flexibility index (Phi) is 13.0. The maximum Gasteiger partial charge on any atom is 0.324 e. The van der Waals surface area contributed by atoms with E-state index < -0.39 is 23.5 Å². The molecule has 12 heteroatoms. The van der Waals surface area contributed by atoms with Gasteiger partial charge in [0.1, 0.15) is 12.1 Å². The Balaban J connectivity index is 1.51. The third-order valence-electron chi connectivity index (χ3n) is 12.1. The molecule has 56 heavy (non-hydrogen) atoms. The van der Waals surface area contributed by atoms with Crippen LogP contribution in [0, 0.1) is 29.1 Å². The quantitative estimate of drug-likeness (QED) is 0.147. The van der Waals surface area contributed by atoms with Crippen LogP contribution in [0.1, 0.15) is 104 Å². The van der Waals surface area contributed by atoms with Crippen molar-refractivity contribution in [2.45, 2.75) is 118 Å².